The molecular weight excluding hydrogens is 257 g/mol. The maximum absolute atomic E-state index is 12.6. The van der Waals surface area contributed by atoms with E-state index in [0.717, 1.165) is 18.9 Å². The van der Waals surface area contributed by atoms with Crippen LogP contribution in [0, 0.1) is 11.8 Å². The van der Waals surface area contributed by atoms with Crippen molar-refractivity contribution in [3.05, 3.63) is 11.8 Å². The van der Waals surface area contributed by atoms with Crippen LogP contribution < -0.4 is 11.1 Å². The molecule has 3 atom stereocenters. The van der Waals surface area contributed by atoms with Crippen molar-refractivity contribution in [2.45, 2.75) is 37.9 Å². The summed E-state index contributed by atoms with van der Waals surface area (Å²) in [5, 5.41) is 3.09. The minimum atomic E-state index is -4.50. The molecule has 4 nitrogen and oxygen atoms in total. The Balaban J connectivity index is 1.79. The number of rotatable bonds is 2. The molecule has 0 aliphatic heterocycles. The van der Waals surface area contributed by atoms with E-state index >= 15 is 0 Å². The van der Waals surface area contributed by atoms with E-state index < -0.39 is 11.9 Å². The Hall–Kier alpha value is -1.53. The predicted molar refractivity (Wildman–Crippen MR) is 64.3 cm³/mol. The summed E-state index contributed by atoms with van der Waals surface area (Å²) in [6.07, 6.45) is 0.0695. The fraction of sp³-hybridized carbons (Fsp3) is 0.667. The van der Waals surface area contributed by atoms with Crippen LogP contribution in [0.25, 0.3) is 0 Å². The molecule has 0 radical (unpaired) electrons. The first-order valence-corrected chi connectivity index (χ1v) is 6.40. The second-order valence-electron chi connectivity index (χ2n) is 5.42. The van der Waals surface area contributed by atoms with Gasteiger partial charge >= 0.3 is 6.18 Å². The number of fused-ring (bicyclic) bond motifs is 2. The molecule has 1 aromatic heterocycles. The molecule has 104 valence electrons. The Morgan fingerprint density at radius 3 is 2.58 bits per heavy atom. The van der Waals surface area contributed by atoms with E-state index in [9.17, 15) is 13.2 Å². The summed E-state index contributed by atoms with van der Waals surface area (Å²) in [6, 6.07) is 1.15. The van der Waals surface area contributed by atoms with Gasteiger partial charge in [0, 0.05) is 12.1 Å². The molecule has 7 heteroatoms. The fourth-order valence-corrected chi connectivity index (χ4v) is 3.30. The molecule has 19 heavy (non-hydrogen) atoms. The van der Waals surface area contributed by atoms with Crippen molar-refractivity contribution in [1.29, 1.82) is 0 Å². The Bertz CT molecular complexity index is 488. The van der Waals surface area contributed by atoms with Crippen LogP contribution in [0.3, 0.4) is 0 Å². The number of aromatic nitrogens is 2. The highest BCUT2D eigenvalue weighted by Crippen LogP contribution is 2.45. The lowest BCUT2D eigenvalue weighted by Gasteiger charge is -2.23. The Morgan fingerprint density at radius 2 is 2.00 bits per heavy atom. The van der Waals surface area contributed by atoms with Gasteiger partial charge in [0.15, 0.2) is 5.69 Å². The molecule has 2 aliphatic carbocycles. The number of nitrogens with two attached hydrogens (primary N) is 1. The van der Waals surface area contributed by atoms with Gasteiger partial charge < -0.3 is 11.1 Å². The Labute approximate surface area is 108 Å². The Kier molecular flexibility index (Phi) is 2.79. The van der Waals surface area contributed by atoms with E-state index in [-0.39, 0.29) is 17.8 Å². The largest absolute Gasteiger partial charge is 0.433 e. The van der Waals surface area contributed by atoms with Gasteiger partial charge in [-0.1, -0.05) is 6.42 Å². The topological polar surface area (TPSA) is 63.8 Å². The smallest absolute Gasteiger partial charge is 0.368 e. The number of halogens is 3. The minimum Gasteiger partial charge on any atom is -0.368 e. The lowest BCUT2D eigenvalue weighted by atomic mass is 9.95. The molecule has 3 unspecified atom stereocenters. The molecule has 2 fully saturated rings. The highest BCUT2D eigenvalue weighted by Gasteiger charge is 2.40. The zero-order chi connectivity index (χ0) is 13.6. The summed E-state index contributed by atoms with van der Waals surface area (Å²) in [5.41, 5.74) is 4.35. The van der Waals surface area contributed by atoms with E-state index in [1.54, 1.807) is 0 Å². The van der Waals surface area contributed by atoms with Crippen LogP contribution in [-0.2, 0) is 6.18 Å². The van der Waals surface area contributed by atoms with Crippen LogP contribution in [0.15, 0.2) is 6.07 Å². The van der Waals surface area contributed by atoms with Crippen molar-refractivity contribution in [3.8, 4) is 0 Å². The van der Waals surface area contributed by atoms with Gasteiger partial charge in [-0.25, -0.2) is 4.98 Å². The van der Waals surface area contributed by atoms with Crippen LogP contribution in [0.1, 0.15) is 31.4 Å². The van der Waals surface area contributed by atoms with E-state index in [1.165, 1.54) is 12.8 Å². The van der Waals surface area contributed by atoms with Gasteiger partial charge in [-0.3, -0.25) is 0 Å². The Morgan fingerprint density at radius 1 is 1.21 bits per heavy atom. The SMILES string of the molecule is Nc1nc(NC2CC3CCC2C3)cc(C(F)(F)F)n1. The van der Waals surface area contributed by atoms with Crippen molar-refractivity contribution in [3.63, 3.8) is 0 Å². The van der Waals surface area contributed by atoms with Gasteiger partial charge in [0.05, 0.1) is 0 Å². The van der Waals surface area contributed by atoms with Crippen molar-refractivity contribution in [1.82, 2.24) is 9.97 Å². The molecule has 0 saturated heterocycles. The first kappa shape index (κ1) is 12.5. The number of nitrogens with zero attached hydrogens (tertiary/aromatic N) is 2. The zero-order valence-electron chi connectivity index (χ0n) is 10.2. The molecule has 0 aromatic carbocycles. The summed E-state index contributed by atoms with van der Waals surface area (Å²) < 4.78 is 37.9. The second-order valence-corrected chi connectivity index (χ2v) is 5.42. The molecular formula is C12H15F3N4. The van der Waals surface area contributed by atoms with Crippen molar-refractivity contribution in [2.75, 3.05) is 11.1 Å². The first-order chi connectivity index (χ1) is 8.91. The van der Waals surface area contributed by atoms with Gasteiger partial charge in [-0.2, -0.15) is 18.2 Å². The number of hydrogen-bond acceptors (Lipinski definition) is 4. The minimum absolute atomic E-state index is 0.178. The summed E-state index contributed by atoms with van der Waals surface area (Å²) in [4.78, 5) is 7.08. The zero-order valence-corrected chi connectivity index (χ0v) is 10.2. The van der Waals surface area contributed by atoms with Crippen molar-refractivity contribution >= 4 is 11.8 Å². The predicted octanol–water partition coefficient (Wildman–Crippen LogP) is 2.68. The molecule has 1 aromatic rings. The fourth-order valence-electron chi connectivity index (χ4n) is 3.30. The van der Waals surface area contributed by atoms with Gasteiger partial charge in [0.2, 0.25) is 5.95 Å². The lowest BCUT2D eigenvalue weighted by molar-refractivity contribution is -0.141. The first-order valence-electron chi connectivity index (χ1n) is 6.40. The normalized spacial score (nSPS) is 29.7. The van der Waals surface area contributed by atoms with Crippen molar-refractivity contribution < 1.29 is 13.2 Å². The molecule has 3 N–H and O–H groups in total. The summed E-state index contributed by atoms with van der Waals surface area (Å²) >= 11 is 0. The average Bonchev–Trinajstić information content (AvgIpc) is 2.88. The highest BCUT2D eigenvalue weighted by molar-refractivity contribution is 5.42. The molecule has 0 spiro atoms. The van der Waals surface area contributed by atoms with Crippen LogP contribution in [-0.4, -0.2) is 16.0 Å². The maximum atomic E-state index is 12.6. The number of alkyl halides is 3. The van der Waals surface area contributed by atoms with Crippen LogP contribution in [0.5, 0.6) is 0 Å². The van der Waals surface area contributed by atoms with Gasteiger partial charge in [0.25, 0.3) is 0 Å². The second kappa shape index (κ2) is 4.25. The lowest BCUT2D eigenvalue weighted by Crippen LogP contribution is -2.27. The quantitative estimate of drug-likeness (QED) is 0.868. The van der Waals surface area contributed by atoms with E-state index in [1.807, 2.05) is 0 Å². The molecule has 3 rings (SSSR count). The summed E-state index contributed by atoms with van der Waals surface area (Å²) in [5.74, 6) is 1.09. The van der Waals surface area contributed by atoms with E-state index in [4.69, 9.17) is 5.73 Å². The average molecular weight is 272 g/mol. The van der Waals surface area contributed by atoms with Crippen LogP contribution in [0.4, 0.5) is 24.9 Å². The van der Waals surface area contributed by atoms with Gasteiger partial charge in [-0.05, 0) is 31.1 Å². The number of hydrogen-bond donors (Lipinski definition) is 2. The molecule has 2 bridgehead atoms. The third-order valence-electron chi connectivity index (χ3n) is 4.11. The summed E-state index contributed by atoms with van der Waals surface area (Å²) in [7, 11) is 0. The van der Waals surface area contributed by atoms with E-state index in [2.05, 4.69) is 15.3 Å². The summed E-state index contributed by atoms with van der Waals surface area (Å²) in [6.45, 7) is 0. The standard InChI is InChI=1S/C12H15F3N4/c13-12(14,15)9-5-10(19-11(16)18-9)17-8-4-6-1-2-7(8)3-6/h5-8H,1-4H2,(H3,16,17,18,19). The number of nitrogen functional groups attached to an aromatic ring is 1. The van der Waals surface area contributed by atoms with E-state index in [0.29, 0.717) is 11.8 Å². The van der Waals surface area contributed by atoms with Gasteiger partial charge in [-0.15, -0.1) is 0 Å². The highest BCUT2D eigenvalue weighted by atomic mass is 19.4. The maximum Gasteiger partial charge on any atom is 0.433 e. The molecule has 1 heterocycles. The monoisotopic (exact) mass is 272 g/mol. The van der Waals surface area contributed by atoms with Crippen LogP contribution in [0.2, 0.25) is 0 Å². The molecule has 2 aliphatic rings. The molecule has 2 saturated carbocycles. The van der Waals surface area contributed by atoms with Crippen molar-refractivity contribution in [2.24, 2.45) is 11.8 Å². The molecule has 0 amide bonds. The number of anilines is 2. The van der Waals surface area contributed by atoms with Crippen LogP contribution >= 0.6 is 0 Å². The third kappa shape index (κ3) is 2.46. The number of nitrogens with one attached hydrogen (secondary N) is 1. The van der Waals surface area contributed by atoms with Gasteiger partial charge in [0.1, 0.15) is 5.82 Å². The third-order valence-corrected chi connectivity index (χ3v) is 4.11.